The Morgan fingerprint density at radius 2 is 1.86 bits per heavy atom. The van der Waals surface area contributed by atoms with E-state index in [1.165, 1.54) is 26.0 Å². The van der Waals surface area contributed by atoms with Crippen LogP contribution in [0.25, 0.3) is 11.3 Å². The van der Waals surface area contributed by atoms with E-state index in [0.717, 1.165) is 0 Å². The molecule has 0 unspecified atom stereocenters. The number of nitriles is 1. The fourth-order valence-electron chi connectivity index (χ4n) is 1.81. The minimum absolute atomic E-state index is 0.0388. The molecule has 0 amide bonds. The van der Waals surface area contributed by atoms with Crippen LogP contribution in [0.15, 0.2) is 28.2 Å². The molecule has 0 radical (unpaired) electrons. The molecule has 0 aliphatic carbocycles. The number of benzene rings is 1. The quantitative estimate of drug-likeness (QED) is 0.687. The van der Waals surface area contributed by atoms with E-state index in [2.05, 4.69) is 9.97 Å². The monoisotopic (exact) mass is 303 g/mol. The average Bonchev–Trinajstić information content (AvgIpc) is 2.53. The van der Waals surface area contributed by atoms with Gasteiger partial charge in [0.15, 0.2) is 5.16 Å². The maximum atomic E-state index is 11.9. The number of nitrogens with one attached hydrogen (secondary N) is 1. The fourth-order valence-corrected chi connectivity index (χ4v) is 2.18. The van der Waals surface area contributed by atoms with Gasteiger partial charge in [-0.1, -0.05) is 11.8 Å². The number of H-pyrrole nitrogens is 1. The van der Waals surface area contributed by atoms with Crippen molar-refractivity contribution in [3.8, 4) is 28.8 Å². The molecule has 2 aromatic rings. The average molecular weight is 303 g/mol. The summed E-state index contributed by atoms with van der Waals surface area (Å²) >= 11 is 1.29. The number of aromatic nitrogens is 2. The molecule has 0 fully saturated rings. The third-order valence-electron chi connectivity index (χ3n) is 2.83. The Hall–Kier alpha value is -2.46. The van der Waals surface area contributed by atoms with Crippen LogP contribution in [-0.4, -0.2) is 30.4 Å². The summed E-state index contributed by atoms with van der Waals surface area (Å²) in [4.78, 5) is 18.8. The standard InChI is InChI=1S/C14H13N3O3S/c1-19-9-4-8(5-10(6-9)20-2)12-11(7-15)13(18)17-14(16-12)21-3/h4-6H,1-3H3,(H,16,17,18). The molecule has 0 spiro atoms. The van der Waals surface area contributed by atoms with E-state index in [1.807, 2.05) is 6.07 Å². The highest BCUT2D eigenvalue weighted by Crippen LogP contribution is 2.30. The summed E-state index contributed by atoms with van der Waals surface area (Å²) < 4.78 is 10.4. The number of nitrogens with zero attached hydrogens (tertiary/aromatic N) is 2. The van der Waals surface area contributed by atoms with E-state index in [-0.39, 0.29) is 5.56 Å². The Balaban J connectivity index is 2.74. The molecule has 108 valence electrons. The first-order chi connectivity index (χ1) is 10.1. The van der Waals surface area contributed by atoms with Crippen LogP contribution in [0.5, 0.6) is 11.5 Å². The third kappa shape index (κ3) is 3.01. The summed E-state index contributed by atoms with van der Waals surface area (Å²) in [5.74, 6) is 1.11. The molecular formula is C14H13N3O3S. The maximum Gasteiger partial charge on any atom is 0.270 e. The largest absolute Gasteiger partial charge is 0.497 e. The van der Waals surface area contributed by atoms with Crippen molar-refractivity contribution in [2.24, 2.45) is 0 Å². The van der Waals surface area contributed by atoms with Crippen LogP contribution in [0, 0.1) is 11.3 Å². The lowest BCUT2D eigenvalue weighted by Crippen LogP contribution is -2.14. The number of aromatic amines is 1. The molecule has 7 heteroatoms. The zero-order valence-electron chi connectivity index (χ0n) is 11.8. The van der Waals surface area contributed by atoms with Gasteiger partial charge in [-0.2, -0.15) is 5.26 Å². The van der Waals surface area contributed by atoms with Gasteiger partial charge in [-0.25, -0.2) is 4.98 Å². The Morgan fingerprint density at radius 3 is 2.33 bits per heavy atom. The van der Waals surface area contributed by atoms with Gasteiger partial charge < -0.3 is 14.5 Å². The molecule has 2 rings (SSSR count). The van der Waals surface area contributed by atoms with Gasteiger partial charge in [0.1, 0.15) is 23.1 Å². The summed E-state index contributed by atoms with van der Waals surface area (Å²) in [6.07, 6.45) is 1.79. The van der Waals surface area contributed by atoms with Gasteiger partial charge >= 0.3 is 0 Å². The molecule has 1 heterocycles. The van der Waals surface area contributed by atoms with E-state index in [9.17, 15) is 10.1 Å². The zero-order chi connectivity index (χ0) is 15.4. The van der Waals surface area contributed by atoms with Crippen LogP contribution in [0.2, 0.25) is 0 Å². The molecule has 0 aliphatic rings. The van der Waals surface area contributed by atoms with Crippen molar-refractivity contribution >= 4 is 11.8 Å². The maximum absolute atomic E-state index is 11.9. The number of hydrogen-bond donors (Lipinski definition) is 1. The van der Waals surface area contributed by atoms with Crippen molar-refractivity contribution in [2.45, 2.75) is 5.16 Å². The topological polar surface area (TPSA) is 88.0 Å². The van der Waals surface area contributed by atoms with Crippen LogP contribution in [-0.2, 0) is 0 Å². The van der Waals surface area contributed by atoms with Crippen LogP contribution in [0.4, 0.5) is 0 Å². The lowest BCUT2D eigenvalue weighted by molar-refractivity contribution is 0.394. The van der Waals surface area contributed by atoms with Crippen LogP contribution in [0.1, 0.15) is 5.56 Å². The number of ether oxygens (including phenoxy) is 2. The Labute approximate surface area is 125 Å². The number of rotatable bonds is 4. The van der Waals surface area contributed by atoms with Gasteiger partial charge in [0.05, 0.1) is 19.9 Å². The SMILES string of the molecule is COc1cc(OC)cc(-c2nc(SC)[nH]c(=O)c2C#N)c1. The minimum Gasteiger partial charge on any atom is -0.497 e. The van der Waals surface area contributed by atoms with Gasteiger partial charge in [-0.05, 0) is 18.4 Å². The fraction of sp³-hybridized carbons (Fsp3) is 0.214. The summed E-state index contributed by atoms with van der Waals surface area (Å²) in [6.45, 7) is 0. The second kappa shape index (κ2) is 6.33. The van der Waals surface area contributed by atoms with Gasteiger partial charge in [-0.15, -0.1) is 0 Å². The molecule has 6 nitrogen and oxygen atoms in total. The van der Waals surface area contributed by atoms with Crippen LogP contribution >= 0.6 is 11.8 Å². The van der Waals surface area contributed by atoms with Crippen LogP contribution in [0.3, 0.4) is 0 Å². The minimum atomic E-state index is -0.464. The Kier molecular flexibility index (Phi) is 4.50. The molecule has 1 aromatic heterocycles. The van der Waals surface area contributed by atoms with Gasteiger partial charge in [0.25, 0.3) is 5.56 Å². The Morgan fingerprint density at radius 1 is 1.24 bits per heavy atom. The van der Waals surface area contributed by atoms with E-state index < -0.39 is 5.56 Å². The van der Waals surface area contributed by atoms with Crippen molar-refractivity contribution in [1.82, 2.24) is 9.97 Å². The van der Waals surface area contributed by atoms with Gasteiger partial charge in [-0.3, -0.25) is 4.79 Å². The first kappa shape index (κ1) is 14.9. The number of thioether (sulfide) groups is 1. The van der Waals surface area contributed by atoms with Gasteiger partial charge in [0.2, 0.25) is 0 Å². The highest BCUT2D eigenvalue weighted by atomic mass is 32.2. The molecule has 1 N–H and O–H groups in total. The molecule has 0 saturated carbocycles. The summed E-state index contributed by atoms with van der Waals surface area (Å²) in [5.41, 5.74) is 0.392. The first-order valence-corrected chi connectivity index (χ1v) is 7.17. The zero-order valence-corrected chi connectivity index (χ0v) is 12.6. The summed E-state index contributed by atoms with van der Waals surface area (Å²) in [6, 6.07) is 7.01. The molecule has 0 bridgehead atoms. The third-order valence-corrected chi connectivity index (χ3v) is 3.41. The number of hydrogen-bond acceptors (Lipinski definition) is 6. The predicted octanol–water partition coefficient (Wildman–Crippen LogP) is 2.05. The van der Waals surface area contributed by atoms with E-state index in [0.29, 0.717) is 27.9 Å². The molecule has 1 aromatic carbocycles. The lowest BCUT2D eigenvalue weighted by atomic mass is 10.1. The smallest absolute Gasteiger partial charge is 0.270 e. The molecule has 0 atom stereocenters. The molecule has 21 heavy (non-hydrogen) atoms. The Bertz CT molecular complexity index is 743. The summed E-state index contributed by atoms with van der Waals surface area (Å²) in [5, 5.41) is 9.64. The van der Waals surface area contributed by atoms with Crippen molar-refractivity contribution in [1.29, 1.82) is 5.26 Å². The number of methoxy groups -OCH3 is 2. The second-order valence-electron chi connectivity index (χ2n) is 4.01. The van der Waals surface area contributed by atoms with Crippen molar-refractivity contribution in [2.75, 3.05) is 20.5 Å². The summed E-state index contributed by atoms with van der Waals surface area (Å²) in [7, 11) is 3.06. The normalized spacial score (nSPS) is 10.0. The van der Waals surface area contributed by atoms with E-state index >= 15 is 0 Å². The molecule has 0 saturated heterocycles. The highest BCUT2D eigenvalue weighted by Gasteiger charge is 2.15. The van der Waals surface area contributed by atoms with Gasteiger partial charge in [0, 0.05) is 11.6 Å². The van der Waals surface area contributed by atoms with Crippen LogP contribution < -0.4 is 15.0 Å². The second-order valence-corrected chi connectivity index (χ2v) is 4.81. The highest BCUT2D eigenvalue weighted by molar-refractivity contribution is 7.98. The van der Waals surface area contributed by atoms with E-state index in [4.69, 9.17) is 9.47 Å². The molecule has 0 aliphatic heterocycles. The van der Waals surface area contributed by atoms with E-state index in [1.54, 1.807) is 24.5 Å². The first-order valence-electron chi connectivity index (χ1n) is 5.94. The van der Waals surface area contributed by atoms with Crippen molar-refractivity contribution < 1.29 is 9.47 Å². The molecular weight excluding hydrogens is 290 g/mol. The lowest BCUT2D eigenvalue weighted by Gasteiger charge is -2.09. The van der Waals surface area contributed by atoms with Crippen molar-refractivity contribution in [3.05, 3.63) is 34.1 Å². The predicted molar refractivity (Wildman–Crippen MR) is 79.9 cm³/mol. The van der Waals surface area contributed by atoms with Crippen molar-refractivity contribution in [3.63, 3.8) is 0 Å².